The van der Waals surface area contributed by atoms with E-state index in [0.29, 0.717) is 12.4 Å². The van der Waals surface area contributed by atoms with Crippen LogP contribution in [-0.4, -0.2) is 36.9 Å². The highest BCUT2D eigenvalue weighted by Crippen LogP contribution is 2.21. The van der Waals surface area contributed by atoms with Gasteiger partial charge in [-0.15, -0.1) is 11.6 Å². The van der Waals surface area contributed by atoms with Crippen LogP contribution < -0.4 is 0 Å². The van der Waals surface area contributed by atoms with Gasteiger partial charge in [-0.05, 0) is 19.8 Å². The third-order valence-corrected chi connectivity index (χ3v) is 4.75. The highest BCUT2D eigenvalue weighted by atomic mass is 35.5. The molecule has 5 heteroatoms. The number of hydrogen-bond donors (Lipinski definition) is 0. The zero-order valence-corrected chi connectivity index (χ0v) is 9.44. The van der Waals surface area contributed by atoms with Crippen LogP contribution in [0.3, 0.4) is 0 Å². The van der Waals surface area contributed by atoms with Gasteiger partial charge in [0.15, 0.2) is 0 Å². The van der Waals surface area contributed by atoms with Gasteiger partial charge in [-0.1, -0.05) is 6.42 Å². The first-order valence-electron chi connectivity index (χ1n) is 4.67. The minimum atomic E-state index is -3.03. The van der Waals surface area contributed by atoms with Gasteiger partial charge in [-0.25, -0.2) is 8.42 Å². The van der Waals surface area contributed by atoms with Gasteiger partial charge in [0.05, 0.1) is 5.75 Å². The van der Waals surface area contributed by atoms with E-state index in [4.69, 9.17) is 11.6 Å². The average molecular weight is 226 g/mol. The van der Waals surface area contributed by atoms with Gasteiger partial charge in [0, 0.05) is 18.5 Å². The summed E-state index contributed by atoms with van der Waals surface area (Å²) in [7, 11) is -3.03. The summed E-state index contributed by atoms with van der Waals surface area (Å²) in [6.07, 6.45) is 2.96. The summed E-state index contributed by atoms with van der Waals surface area (Å²) in [5, 5.41) is 0. The van der Waals surface area contributed by atoms with Gasteiger partial charge < -0.3 is 0 Å². The van der Waals surface area contributed by atoms with Crippen molar-refractivity contribution in [3.05, 3.63) is 0 Å². The molecule has 3 nitrogen and oxygen atoms in total. The molecule has 13 heavy (non-hydrogen) atoms. The zero-order chi connectivity index (χ0) is 9.90. The van der Waals surface area contributed by atoms with E-state index in [9.17, 15) is 8.42 Å². The van der Waals surface area contributed by atoms with E-state index in [1.54, 1.807) is 11.2 Å². The molecule has 1 aliphatic rings. The normalized spacial score (nSPS) is 26.2. The summed E-state index contributed by atoms with van der Waals surface area (Å²) in [5.74, 6) is 0.597. The monoisotopic (exact) mass is 225 g/mol. The van der Waals surface area contributed by atoms with Crippen LogP contribution in [0.5, 0.6) is 0 Å². The van der Waals surface area contributed by atoms with Gasteiger partial charge in [0.25, 0.3) is 0 Å². The Balaban J connectivity index is 2.75. The molecule has 0 spiro atoms. The SMILES string of the molecule is CCS(=O)(=O)N1CCCCC1CCl. The summed E-state index contributed by atoms with van der Waals surface area (Å²) in [6, 6.07) is 0.0281. The van der Waals surface area contributed by atoms with Crippen molar-refractivity contribution in [3.63, 3.8) is 0 Å². The molecule has 1 fully saturated rings. The lowest BCUT2D eigenvalue weighted by Crippen LogP contribution is -2.45. The third-order valence-electron chi connectivity index (χ3n) is 2.47. The van der Waals surface area contributed by atoms with Gasteiger partial charge in [0.1, 0.15) is 0 Å². The highest BCUT2D eigenvalue weighted by Gasteiger charge is 2.30. The largest absolute Gasteiger partial charge is 0.214 e. The fourth-order valence-electron chi connectivity index (χ4n) is 1.66. The molecule has 0 aromatic carbocycles. The van der Waals surface area contributed by atoms with Crippen LogP contribution in [0, 0.1) is 0 Å². The summed E-state index contributed by atoms with van der Waals surface area (Å²) in [6.45, 7) is 2.32. The first-order valence-corrected chi connectivity index (χ1v) is 6.81. The number of rotatable bonds is 3. The molecule has 0 aromatic rings. The summed E-state index contributed by atoms with van der Waals surface area (Å²) in [5.41, 5.74) is 0. The number of alkyl halides is 1. The van der Waals surface area contributed by atoms with Gasteiger partial charge in [0.2, 0.25) is 10.0 Å². The summed E-state index contributed by atoms with van der Waals surface area (Å²) < 4.78 is 24.8. The first kappa shape index (κ1) is 11.3. The lowest BCUT2D eigenvalue weighted by atomic mass is 10.1. The van der Waals surface area contributed by atoms with E-state index in [0.717, 1.165) is 19.3 Å². The molecule has 0 radical (unpaired) electrons. The molecule has 1 unspecified atom stereocenters. The second-order valence-corrected chi connectivity index (χ2v) is 5.83. The Morgan fingerprint density at radius 1 is 1.46 bits per heavy atom. The van der Waals surface area contributed by atoms with Crippen LogP contribution in [-0.2, 0) is 10.0 Å². The van der Waals surface area contributed by atoms with Crippen LogP contribution in [0.15, 0.2) is 0 Å². The molecule has 1 rings (SSSR count). The molecule has 1 saturated heterocycles. The first-order chi connectivity index (χ1) is 6.11. The standard InChI is InChI=1S/C8H16ClNO2S/c1-2-13(11,12)10-6-4-3-5-8(10)7-9/h8H,2-7H2,1H3. The number of sulfonamides is 1. The molecule has 0 N–H and O–H groups in total. The molecule has 0 bridgehead atoms. The Bertz CT molecular complexity index is 253. The fourth-order valence-corrected chi connectivity index (χ4v) is 3.44. The van der Waals surface area contributed by atoms with Crippen molar-refractivity contribution in [2.45, 2.75) is 32.2 Å². The Hall–Kier alpha value is 0.200. The Kier molecular flexibility index (Phi) is 4.01. The Morgan fingerprint density at radius 2 is 2.15 bits per heavy atom. The topological polar surface area (TPSA) is 37.4 Å². The number of piperidine rings is 1. The van der Waals surface area contributed by atoms with Crippen LogP contribution in [0.4, 0.5) is 0 Å². The van der Waals surface area contributed by atoms with E-state index in [1.165, 1.54) is 0 Å². The average Bonchev–Trinajstić information content (AvgIpc) is 2.18. The van der Waals surface area contributed by atoms with Crippen molar-refractivity contribution < 1.29 is 8.42 Å². The van der Waals surface area contributed by atoms with Crippen molar-refractivity contribution in [1.82, 2.24) is 4.31 Å². The second kappa shape index (κ2) is 4.62. The molecule has 1 atom stereocenters. The van der Waals surface area contributed by atoms with Crippen molar-refractivity contribution in [1.29, 1.82) is 0 Å². The minimum absolute atomic E-state index is 0.0281. The molecule has 0 amide bonds. The molecule has 78 valence electrons. The highest BCUT2D eigenvalue weighted by molar-refractivity contribution is 7.89. The molecular formula is C8H16ClNO2S. The molecule has 1 heterocycles. The maximum absolute atomic E-state index is 11.6. The molecular weight excluding hydrogens is 210 g/mol. The predicted molar refractivity (Wildman–Crippen MR) is 54.5 cm³/mol. The predicted octanol–water partition coefficient (Wildman–Crippen LogP) is 1.43. The van der Waals surface area contributed by atoms with Crippen LogP contribution in [0.25, 0.3) is 0 Å². The van der Waals surface area contributed by atoms with Crippen molar-refractivity contribution >= 4 is 21.6 Å². The van der Waals surface area contributed by atoms with E-state index < -0.39 is 10.0 Å². The molecule has 1 aliphatic heterocycles. The third kappa shape index (κ3) is 2.58. The fraction of sp³-hybridized carbons (Fsp3) is 1.00. The number of halogens is 1. The van der Waals surface area contributed by atoms with E-state index >= 15 is 0 Å². The molecule has 0 aliphatic carbocycles. The van der Waals surface area contributed by atoms with Crippen molar-refractivity contribution in [2.24, 2.45) is 0 Å². The number of hydrogen-bond acceptors (Lipinski definition) is 2. The van der Waals surface area contributed by atoms with Crippen molar-refractivity contribution in [3.8, 4) is 0 Å². The maximum Gasteiger partial charge on any atom is 0.214 e. The smallest absolute Gasteiger partial charge is 0.212 e. The van der Waals surface area contributed by atoms with Gasteiger partial charge in [-0.3, -0.25) is 0 Å². The van der Waals surface area contributed by atoms with Crippen LogP contribution in [0.1, 0.15) is 26.2 Å². The summed E-state index contributed by atoms with van der Waals surface area (Å²) >= 11 is 5.73. The lowest BCUT2D eigenvalue weighted by Gasteiger charge is -2.33. The minimum Gasteiger partial charge on any atom is -0.212 e. The van der Waals surface area contributed by atoms with Crippen LogP contribution >= 0.6 is 11.6 Å². The summed E-state index contributed by atoms with van der Waals surface area (Å²) in [4.78, 5) is 0. The molecule has 0 saturated carbocycles. The van der Waals surface area contributed by atoms with Gasteiger partial charge in [-0.2, -0.15) is 4.31 Å². The Labute approximate surface area is 85.1 Å². The quantitative estimate of drug-likeness (QED) is 0.682. The van der Waals surface area contributed by atoms with Crippen molar-refractivity contribution in [2.75, 3.05) is 18.2 Å². The Morgan fingerprint density at radius 3 is 2.69 bits per heavy atom. The number of nitrogens with zero attached hydrogens (tertiary/aromatic N) is 1. The lowest BCUT2D eigenvalue weighted by molar-refractivity contribution is 0.272. The second-order valence-electron chi connectivity index (χ2n) is 3.32. The van der Waals surface area contributed by atoms with Gasteiger partial charge >= 0.3 is 0 Å². The molecule has 0 aromatic heterocycles. The van der Waals surface area contributed by atoms with E-state index in [2.05, 4.69) is 0 Å². The maximum atomic E-state index is 11.6. The zero-order valence-electron chi connectivity index (χ0n) is 7.87. The van der Waals surface area contributed by atoms with E-state index in [-0.39, 0.29) is 11.8 Å². The van der Waals surface area contributed by atoms with Crippen LogP contribution in [0.2, 0.25) is 0 Å². The van der Waals surface area contributed by atoms with E-state index in [1.807, 2.05) is 0 Å².